The van der Waals surface area contributed by atoms with E-state index in [0.29, 0.717) is 24.0 Å². The first-order chi connectivity index (χ1) is 9.54. The first-order valence-electron chi connectivity index (χ1n) is 8.09. The van der Waals surface area contributed by atoms with Gasteiger partial charge in [-0.05, 0) is 37.3 Å². The van der Waals surface area contributed by atoms with Crippen molar-refractivity contribution in [3.8, 4) is 0 Å². The molecule has 2 rings (SSSR count). The number of aryl methyl sites for hydroxylation is 1. The fraction of sp³-hybridized carbons (Fsp3) is 0.667. The number of rotatable bonds is 4. The Morgan fingerprint density at radius 2 is 1.95 bits per heavy atom. The van der Waals surface area contributed by atoms with Gasteiger partial charge in [-0.3, -0.25) is 4.90 Å². The lowest BCUT2D eigenvalue weighted by atomic mass is 9.92. The molecule has 1 heterocycles. The molecule has 1 saturated heterocycles. The Hall–Kier alpha value is -0.860. The second kappa shape index (κ2) is 6.73. The molecule has 0 aromatic heterocycles. The quantitative estimate of drug-likeness (QED) is 0.899. The summed E-state index contributed by atoms with van der Waals surface area (Å²) in [4.78, 5) is 2.72. The van der Waals surface area contributed by atoms with Crippen LogP contribution < -0.4 is 5.32 Å². The zero-order valence-corrected chi connectivity index (χ0v) is 13.7. The van der Waals surface area contributed by atoms with Crippen LogP contribution in [0, 0.1) is 12.8 Å². The van der Waals surface area contributed by atoms with Gasteiger partial charge in [-0.1, -0.05) is 45.0 Å². The van der Waals surface area contributed by atoms with Crippen molar-refractivity contribution < 1.29 is 0 Å². The topological polar surface area (TPSA) is 15.3 Å². The Balaban J connectivity index is 2.23. The van der Waals surface area contributed by atoms with Crippen LogP contribution in [0.1, 0.15) is 51.3 Å². The van der Waals surface area contributed by atoms with Gasteiger partial charge in [-0.25, -0.2) is 0 Å². The van der Waals surface area contributed by atoms with Crippen LogP contribution >= 0.6 is 0 Å². The summed E-state index contributed by atoms with van der Waals surface area (Å²) < 4.78 is 0. The predicted octanol–water partition coefficient (Wildman–Crippen LogP) is 3.76. The van der Waals surface area contributed by atoms with Crippen molar-refractivity contribution in [1.29, 1.82) is 0 Å². The van der Waals surface area contributed by atoms with E-state index in [0.717, 1.165) is 13.1 Å². The number of hydrogen-bond acceptors (Lipinski definition) is 2. The summed E-state index contributed by atoms with van der Waals surface area (Å²) in [6, 6.07) is 10.6. The van der Waals surface area contributed by atoms with Gasteiger partial charge in [0.1, 0.15) is 0 Å². The van der Waals surface area contributed by atoms with Crippen LogP contribution in [0.4, 0.5) is 0 Å². The van der Waals surface area contributed by atoms with E-state index < -0.39 is 0 Å². The molecular formula is C18H30N2. The number of hydrogen-bond donors (Lipinski definition) is 1. The zero-order chi connectivity index (χ0) is 14.7. The van der Waals surface area contributed by atoms with Gasteiger partial charge in [-0.2, -0.15) is 0 Å². The predicted molar refractivity (Wildman–Crippen MR) is 87.0 cm³/mol. The molecule has 20 heavy (non-hydrogen) atoms. The Morgan fingerprint density at radius 1 is 1.25 bits per heavy atom. The third-order valence-corrected chi connectivity index (χ3v) is 4.87. The van der Waals surface area contributed by atoms with E-state index in [-0.39, 0.29) is 0 Å². The first kappa shape index (κ1) is 15.5. The Labute approximate surface area is 124 Å². The average Bonchev–Trinajstić information content (AvgIpc) is 2.46. The van der Waals surface area contributed by atoms with Crippen LogP contribution in [0.5, 0.6) is 0 Å². The average molecular weight is 274 g/mol. The Kier molecular flexibility index (Phi) is 5.22. The van der Waals surface area contributed by atoms with Crippen molar-refractivity contribution >= 4 is 0 Å². The van der Waals surface area contributed by atoms with Gasteiger partial charge >= 0.3 is 0 Å². The van der Waals surface area contributed by atoms with E-state index in [2.05, 4.69) is 69.1 Å². The summed E-state index contributed by atoms with van der Waals surface area (Å²) in [6.07, 6.45) is 1.21. The monoisotopic (exact) mass is 274 g/mol. The molecule has 0 radical (unpaired) electrons. The minimum atomic E-state index is 0.500. The largest absolute Gasteiger partial charge is 0.311 e. The third kappa shape index (κ3) is 3.24. The molecule has 1 aliphatic heterocycles. The summed E-state index contributed by atoms with van der Waals surface area (Å²) in [5, 5.41) is 3.71. The van der Waals surface area contributed by atoms with Gasteiger partial charge in [0.25, 0.3) is 0 Å². The molecule has 112 valence electrons. The maximum Gasteiger partial charge on any atom is 0.0326 e. The van der Waals surface area contributed by atoms with Crippen LogP contribution in [0.2, 0.25) is 0 Å². The van der Waals surface area contributed by atoms with E-state index in [1.807, 2.05) is 0 Å². The highest BCUT2D eigenvalue weighted by Crippen LogP contribution is 2.29. The van der Waals surface area contributed by atoms with Gasteiger partial charge in [-0.15, -0.1) is 0 Å². The van der Waals surface area contributed by atoms with Gasteiger partial charge in [0.15, 0.2) is 0 Å². The number of benzene rings is 1. The molecule has 3 unspecified atom stereocenters. The van der Waals surface area contributed by atoms with E-state index in [4.69, 9.17) is 0 Å². The molecule has 2 nitrogen and oxygen atoms in total. The lowest BCUT2D eigenvalue weighted by molar-refractivity contribution is 0.0608. The summed E-state index contributed by atoms with van der Waals surface area (Å²) in [6.45, 7) is 13.9. The van der Waals surface area contributed by atoms with Gasteiger partial charge in [0.05, 0.1) is 0 Å². The normalized spacial score (nSPS) is 25.9. The second-order valence-electron chi connectivity index (χ2n) is 6.55. The van der Waals surface area contributed by atoms with Crippen LogP contribution in [0.15, 0.2) is 24.3 Å². The Morgan fingerprint density at radius 3 is 2.55 bits per heavy atom. The van der Waals surface area contributed by atoms with Crippen molar-refractivity contribution in [3.05, 3.63) is 35.4 Å². The van der Waals surface area contributed by atoms with Gasteiger partial charge < -0.3 is 5.32 Å². The van der Waals surface area contributed by atoms with Gasteiger partial charge in [0.2, 0.25) is 0 Å². The molecule has 2 heteroatoms. The lowest BCUT2D eigenvalue weighted by Gasteiger charge is -2.45. The number of nitrogens with zero attached hydrogens (tertiary/aromatic N) is 1. The zero-order valence-electron chi connectivity index (χ0n) is 13.7. The summed E-state index contributed by atoms with van der Waals surface area (Å²) in [7, 11) is 0. The molecule has 0 saturated carbocycles. The van der Waals surface area contributed by atoms with Gasteiger partial charge in [0, 0.05) is 31.2 Å². The van der Waals surface area contributed by atoms with Crippen LogP contribution in [0.25, 0.3) is 0 Å². The van der Waals surface area contributed by atoms with Crippen molar-refractivity contribution in [3.63, 3.8) is 0 Å². The van der Waals surface area contributed by atoms with E-state index in [1.54, 1.807) is 0 Å². The minimum Gasteiger partial charge on any atom is -0.311 e. The third-order valence-electron chi connectivity index (χ3n) is 4.87. The summed E-state index contributed by atoms with van der Waals surface area (Å²) in [5.74, 6) is 0.687. The molecule has 0 aliphatic carbocycles. The van der Waals surface area contributed by atoms with Crippen molar-refractivity contribution in [2.75, 3.05) is 13.1 Å². The molecule has 1 aliphatic rings. The summed E-state index contributed by atoms with van der Waals surface area (Å²) in [5.41, 5.74) is 2.89. The van der Waals surface area contributed by atoms with Crippen molar-refractivity contribution in [1.82, 2.24) is 10.2 Å². The lowest BCUT2D eigenvalue weighted by Crippen LogP contribution is -2.58. The maximum absolute atomic E-state index is 3.71. The first-order valence-corrected chi connectivity index (χ1v) is 8.09. The van der Waals surface area contributed by atoms with Crippen molar-refractivity contribution in [2.45, 2.75) is 59.2 Å². The highest BCUT2D eigenvalue weighted by atomic mass is 15.3. The molecule has 1 N–H and O–H groups in total. The number of piperazine rings is 1. The minimum absolute atomic E-state index is 0.500. The van der Waals surface area contributed by atoms with Crippen LogP contribution in [-0.4, -0.2) is 30.1 Å². The number of nitrogens with one attached hydrogen (secondary N) is 1. The van der Waals surface area contributed by atoms with E-state index in [9.17, 15) is 0 Å². The fourth-order valence-corrected chi connectivity index (χ4v) is 3.43. The van der Waals surface area contributed by atoms with E-state index in [1.165, 1.54) is 17.5 Å². The molecule has 1 fully saturated rings. The fourth-order valence-electron chi connectivity index (χ4n) is 3.43. The van der Waals surface area contributed by atoms with Crippen molar-refractivity contribution in [2.24, 2.45) is 5.92 Å². The van der Waals surface area contributed by atoms with Crippen LogP contribution in [-0.2, 0) is 0 Å². The summed E-state index contributed by atoms with van der Waals surface area (Å²) >= 11 is 0. The molecule has 1 aromatic rings. The Bertz CT molecular complexity index is 427. The van der Waals surface area contributed by atoms with Crippen LogP contribution in [0.3, 0.4) is 0 Å². The molecular weight excluding hydrogens is 244 g/mol. The molecule has 0 amide bonds. The molecule has 3 atom stereocenters. The molecule has 0 spiro atoms. The highest BCUT2D eigenvalue weighted by molar-refractivity contribution is 5.28. The second-order valence-corrected chi connectivity index (χ2v) is 6.55. The smallest absolute Gasteiger partial charge is 0.0326 e. The molecule has 0 bridgehead atoms. The van der Waals surface area contributed by atoms with E-state index >= 15 is 0 Å². The SMILES string of the molecule is CCC1CN(C(C)c2ccccc2C)C(C(C)C)CN1. The molecule has 1 aromatic carbocycles. The standard InChI is InChI=1S/C18H30N2/c1-6-16-12-20(18(11-19-16)13(2)3)15(5)17-10-8-7-9-14(17)4/h7-10,13,15-16,18-19H,6,11-12H2,1-5H3. The maximum atomic E-state index is 3.71. The highest BCUT2D eigenvalue weighted by Gasteiger charge is 2.32.